The van der Waals surface area contributed by atoms with Gasteiger partial charge in [-0.3, -0.25) is 0 Å². The summed E-state index contributed by atoms with van der Waals surface area (Å²) in [6.45, 7) is 0.628. The zero-order chi connectivity index (χ0) is 14.3. The van der Waals surface area contributed by atoms with Crippen LogP contribution in [-0.2, 0) is 0 Å². The standard InChI is InChI=1S/C16H19N5/c1-2-6-14(7-3-1)8-4-10-17-15-9-13-21(20-15)16-18-11-5-12-19-16/h5,9,11-14H,1-3,6-7,10H2,(H,17,20). The Kier molecular flexibility index (Phi) is 4.47. The van der Waals surface area contributed by atoms with E-state index in [1.54, 1.807) is 23.1 Å². The van der Waals surface area contributed by atoms with E-state index in [1.807, 2.05) is 12.3 Å². The Hall–Kier alpha value is -2.35. The van der Waals surface area contributed by atoms with Gasteiger partial charge in [-0.25, -0.2) is 14.6 Å². The predicted molar refractivity (Wildman–Crippen MR) is 82.0 cm³/mol. The van der Waals surface area contributed by atoms with Gasteiger partial charge in [-0.05, 0) is 18.9 Å². The number of hydrogen-bond acceptors (Lipinski definition) is 4. The van der Waals surface area contributed by atoms with Crippen molar-refractivity contribution in [3.8, 4) is 17.8 Å². The maximum atomic E-state index is 4.38. The zero-order valence-corrected chi connectivity index (χ0v) is 12.0. The Morgan fingerprint density at radius 1 is 1.19 bits per heavy atom. The molecule has 0 spiro atoms. The maximum absolute atomic E-state index is 4.38. The second-order valence-electron chi connectivity index (χ2n) is 5.20. The van der Waals surface area contributed by atoms with Crippen LogP contribution in [0.25, 0.3) is 5.95 Å². The Labute approximate surface area is 124 Å². The number of hydrogen-bond donors (Lipinski definition) is 1. The van der Waals surface area contributed by atoms with E-state index in [9.17, 15) is 0 Å². The summed E-state index contributed by atoms with van der Waals surface area (Å²) in [6, 6.07) is 3.69. The van der Waals surface area contributed by atoms with Gasteiger partial charge in [0.15, 0.2) is 0 Å². The van der Waals surface area contributed by atoms with E-state index in [1.165, 1.54) is 32.1 Å². The first-order valence-electron chi connectivity index (χ1n) is 7.47. The van der Waals surface area contributed by atoms with Gasteiger partial charge >= 0.3 is 0 Å². The van der Waals surface area contributed by atoms with E-state index >= 15 is 0 Å². The van der Waals surface area contributed by atoms with Crippen LogP contribution in [0.1, 0.15) is 32.1 Å². The van der Waals surface area contributed by atoms with Crippen molar-refractivity contribution in [2.45, 2.75) is 32.1 Å². The fraction of sp³-hybridized carbons (Fsp3) is 0.438. The van der Waals surface area contributed by atoms with Crippen molar-refractivity contribution in [3.05, 3.63) is 30.7 Å². The largest absolute Gasteiger partial charge is 0.358 e. The summed E-state index contributed by atoms with van der Waals surface area (Å²) in [5.74, 6) is 8.52. The molecule has 1 aliphatic rings. The van der Waals surface area contributed by atoms with Crippen LogP contribution in [0.5, 0.6) is 0 Å². The van der Waals surface area contributed by atoms with Crippen LogP contribution in [-0.4, -0.2) is 26.3 Å². The van der Waals surface area contributed by atoms with Gasteiger partial charge in [-0.15, -0.1) is 5.10 Å². The average molecular weight is 281 g/mol. The third kappa shape index (κ3) is 3.82. The van der Waals surface area contributed by atoms with Gasteiger partial charge in [-0.1, -0.05) is 31.1 Å². The smallest absolute Gasteiger partial charge is 0.250 e. The third-order valence-electron chi connectivity index (χ3n) is 3.62. The van der Waals surface area contributed by atoms with E-state index in [-0.39, 0.29) is 0 Å². The lowest BCUT2D eigenvalue weighted by molar-refractivity contribution is 0.430. The number of anilines is 1. The molecule has 5 heteroatoms. The fourth-order valence-electron chi connectivity index (χ4n) is 2.52. The third-order valence-corrected chi connectivity index (χ3v) is 3.62. The normalized spacial score (nSPS) is 15.2. The molecular weight excluding hydrogens is 262 g/mol. The molecule has 0 aliphatic heterocycles. The van der Waals surface area contributed by atoms with Gasteiger partial charge in [-0.2, -0.15) is 0 Å². The number of aromatic nitrogens is 4. The molecule has 0 amide bonds. The van der Waals surface area contributed by atoms with Crippen LogP contribution < -0.4 is 5.32 Å². The lowest BCUT2D eigenvalue weighted by Gasteiger charge is -2.15. The molecule has 5 nitrogen and oxygen atoms in total. The summed E-state index contributed by atoms with van der Waals surface area (Å²) in [6.07, 6.45) is 11.8. The molecule has 108 valence electrons. The first-order chi connectivity index (χ1) is 10.4. The van der Waals surface area contributed by atoms with Crippen molar-refractivity contribution in [1.82, 2.24) is 19.7 Å². The predicted octanol–water partition coefficient (Wildman–Crippen LogP) is 2.66. The van der Waals surface area contributed by atoms with Crippen LogP contribution in [0, 0.1) is 17.8 Å². The highest BCUT2D eigenvalue weighted by molar-refractivity contribution is 5.35. The van der Waals surface area contributed by atoms with Gasteiger partial charge in [0, 0.05) is 30.6 Å². The lowest BCUT2D eigenvalue weighted by Crippen LogP contribution is -2.05. The Morgan fingerprint density at radius 3 is 2.81 bits per heavy atom. The van der Waals surface area contributed by atoms with E-state index < -0.39 is 0 Å². The van der Waals surface area contributed by atoms with Gasteiger partial charge in [0.25, 0.3) is 0 Å². The van der Waals surface area contributed by atoms with Gasteiger partial charge in [0.2, 0.25) is 5.95 Å². The molecule has 0 aromatic carbocycles. The molecule has 3 rings (SSSR count). The average Bonchev–Trinajstić information content (AvgIpc) is 3.02. The molecule has 2 heterocycles. The molecule has 0 radical (unpaired) electrons. The van der Waals surface area contributed by atoms with Gasteiger partial charge in [0.05, 0.1) is 6.54 Å². The van der Waals surface area contributed by atoms with Crippen molar-refractivity contribution >= 4 is 5.82 Å². The highest BCUT2D eigenvalue weighted by Crippen LogP contribution is 2.22. The molecule has 0 unspecified atom stereocenters. The van der Waals surface area contributed by atoms with Gasteiger partial charge < -0.3 is 5.32 Å². The second-order valence-corrected chi connectivity index (χ2v) is 5.20. The maximum Gasteiger partial charge on any atom is 0.250 e. The molecule has 1 aliphatic carbocycles. The number of rotatable bonds is 3. The van der Waals surface area contributed by atoms with E-state index in [0.29, 0.717) is 18.4 Å². The molecule has 1 fully saturated rings. The van der Waals surface area contributed by atoms with Crippen molar-refractivity contribution in [3.63, 3.8) is 0 Å². The van der Waals surface area contributed by atoms with Crippen LogP contribution in [0.2, 0.25) is 0 Å². The minimum Gasteiger partial charge on any atom is -0.358 e. The summed E-state index contributed by atoms with van der Waals surface area (Å²) in [4.78, 5) is 8.31. The van der Waals surface area contributed by atoms with Crippen LogP contribution >= 0.6 is 0 Å². The van der Waals surface area contributed by atoms with E-state index in [0.717, 1.165) is 5.82 Å². The van der Waals surface area contributed by atoms with Crippen LogP contribution in [0.3, 0.4) is 0 Å². The fourth-order valence-corrected chi connectivity index (χ4v) is 2.52. The second kappa shape index (κ2) is 6.89. The summed E-state index contributed by atoms with van der Waals surface area (Å²) >= 11 is 0. The molecule has 0 atom stereocenters. The quantitative estimate of drug-likeness (QED) is 0.879. The number of nitrogens with one attached hydrogen (secondary N) is 1. The zero-order valence-electron chi connectivity index (χ0n) is 12.0. The highest BCUT2D eigenvalue weighted by atomic mass is 15.4. The lowest BCUT2D eigenvalue weighted by atomic mass is 9.90. The van der Waals surface area contributed by atoms with Crippen molar-refractivity contribution in [1.29, 1.82) is 0 Å². The monoisotopic (exact) mass is 281 g/mol. The molecule has 1 saturated carbocycles. The molecule has 2 aromatic rings. The van der Waals surface area contributed by atoms with E-state index in [4.69, 9.17) is 0 Å². The Bertz CT molecular complexity index is 617. The molecule has 21 heavy (non-hydrogen) atoms. The molecule has 0 bridgehead atoms. The first-order valence-corrected chi connectivity index (χ1v) is 7.47. The van der Waals surface area contributed by atoms with Gasteiger partial charge in [0.1, 0.15) is 5.82 Å². The van der Waals surface area contributed by atoms with E-state index in [2.05, 4.69) is 32.2 Å². The first kappa shape index (κ1) is 13.6. The summed E-state index contributed by atoms with van der Waals surface area (Å²) in [5, 5.41) is 7.59. The summed E-state index contributed by atoms with van der Waals surface area (Å²) in [7, 11) is 0. The summed E-state index contributed by atoms with van der Waals surface area (Å²) < 4.78 is 1.65. The SMILES string of the molecule is C(#CC1CCCCC1)CNc1ccn(-c2ncccn2)n1. The molecule has 2 aromatic heterocycles. The highest BCUT2D eigenvalue weighted by Gasteiger charge is 2.09. The molecular formula is C16H19N5. The van der Waals surface area contributed by atoms with Crippen LogP contribution in [0.15, 0.2) is 30.7 Å². The Balaban J connectivity index is 1.52. The summed E-state index contributed by atoms with van der Waals surface area (Å²) in [5.41, 5.74) is 0. The van der Waals surface area contributed by atoms with Crippen molar-refractivity contribution in [2.24, 2.45) is 5.92 Å². The minimum atomic E-state index is 0.568. The van der Waals surface area contributed by atoms with Crippen LogP contribution in [0.4, 0.5) is 5.82 Å². The Morgan fingerprint density at radius 2 is 2.00 bits per heavy atom. The topological polar surface area (TPSA) is 55.6 Å². The van der Waals surface area contributed by atoms with Crippen molar-refractivity contribution < 1.29 is 0 Å². The van der Waals surface area contributed by atoms with Crippen molar-refractivity contribution in [2.75, 3.05) is 11.9 Å². The number of nitrogens with zero attached hydrogens (tertiary/aromatic N) is 4. The molecule has 0 saturated heterocycles. The minimum absolute atomic E-state index is 0.568. The molecule has 1 N–H and O–H groups in total.